The number of hydrogen-bond acceptors (Lipinski definition) is 5. The first-order chi connectivity index (χ1) is 13.1. The fraction of sp³-hybridized carbons (Fsp3) is 0.0556. The summed E-state index contributed by atoms with van der Waals surface area (Å²) in [6.45, 7) is 0. The second-order valence-corrected chi connectivity index (χ2v) is 6.90. The molecule has 9 heteroatoms. The van der Waals surface area contributed by atoms with Crippen LogP contribution in [0.5, 0.6) is 0 Å². The molecule has 0 aliphatic rings. The van der Waals surface area contributed by atoms with E-state index < -0.39 is 5.76 Å². The van der Waals surface area contributed by atoms with E-state index >= 15 is 0 Å². The van der Waals surface area contributed by atoms with E-state index in [4.69, 9.17) is 11.6 Å². The molecule has 27 heavy (non-hydrogen) atoms. The van der Waals surface area contributed by atoms with Crippen LogP contribution in [-0.4, -0.2) is 25.5 Å². The van der Waals surface area contributed by atoms with E-state index in [9.17, 15) is 8.78 Å². The number of benzene rings is 2. The third-order valence-electron chi connectivity index (χ3n) is 3.74. The van der Waals surface area contributed by atoms with Gasteiger partial charge in [0, 0.05) is 10.6 Å². The van der Waals surface area contributed by atoms with Gasteiger partial charge in [-0.3, -0.25) is 0 Å². The van der Waals surface area contributed by atoms with Gasteiger partial charge in [-0.25, -0.2) is 4.68 Å². The van der Waals surface area contributed by atoms with Gasteiger partial charge in [-0.1, -0.05) is 30.0 Å². The first-order valence-corrected chi connectivity index (χ1v) is 9.14. The van der Waals surface area contributed by atoms with E-state index in [0.717, 1.165) is 5.69 Å². The molecule has 0 saturated carbocycles. The van der Waals surface area contributed by atoms with Crippen LogP contribution < -0.4 is 5.32 Å². The highest BCUT2D eigenvalue weighted by Gasteiger charge is 2.14. The van der Waals surface area contributed by atoms with Crippen molar-refractivity contribution in [2.75, 3.05) is 5.32 Å². The topological polar surface area (TPSA) is 55.6 Å². The molecule has 1 N–H and O–H groups in total. The van der Waals surface area contributed by atoms with Crippen LogP contribution in [-0.2, 0) is 0 Å². The van der Waals surface area contributed by atoms with Gasteiger partial charge in [-0.2, -0.15) is 23.8 Å². The molecular formula is C18H12ClF2N5S. The number of fused-ring (bicyclic) bond motifs is 1. The smallest absolute Gasteiger partial charge is 0.288 e. The van der Waals surface area contributed by atoms with E-state index in [2.05, 4.69) is 20.4 Å². The Morgan fingerprint density at radius 1 is 1.00 bits per heavy atom. The van der Waals surface area contributed by atoms with Gasteiger partial charge in [0.25, 0.3) is 5.76 Å². The second-order valence-electron chi connectivity index (χ2n) is 5.50. The Balaban J connectivity index is 1.69. The van der Waals surface area contributed by atoms with Gasteiger partial charge in [0.15, 0.2) is 5.65 Å². The standard InChI is InChI=1S/C18H12ClF2N5S/c19-17-24-15(23-11-6-8-13(9-7-11)27-18(20)21)14-10-22-26(16(14)25-17)12-4-2-1-3-5-12/h1-10,18H,(H,23,24,25). The van der Waals surface area contributed by atoms with Crippen LogP contribution in [0.15, 0.2) is 65.7 Å². The van der Waals surface area contributed by atoms with Crippen LogP contribution >= 0.6 is 23.4 Å². The molecule has 0 bridgehead atoms. The van der Waals surface area contributed by atoms with Gasteiger partial charge in [0.2, 0.25) is 5.28 Å². The molecule has 0 atom stereocenters. The minimum Gasteiger partial charge on any atom is -0.339 e. The molecule has 0 radical (unpaired) electrons. The Kier molecular flexibility index (Phi) is 4.91. The molecular weight excluding hydrogens is 392 g/mol. The lowest BCUT2D eigenvalue weighted by Gasteiger charge is -2.09. The highest BCUT2D eigenvalue weighted by atomic mass is 35.5. The lowest BCUT2D eigenvalue weighted by atomic mass is 10.3. The van der Waals surface area contributed by atoms with Crippen molar-refractivity contribution in [2.24, 2.45) is 0 Å². The molecule has 0 spiro atoms. The quantitative estimate of drug-likeness (QED) is 0.351. The molecule has 5 nitrogen and oxygen atoms in total. The van der Waals surface area contributed by atoms with Crippen molar-refractivity contribution < 1.29 is 8.78 Å². The zero-order valence-electron chi connectivity index (χ0n) is 13.7. The zero-order chi connectivity index (χ0) is 18.8. The fourth-order valence-corrected chi connectivity index (χ4v) is 3.25. The van der Waals surface area contributed by atoms with Crippen LogP contribution in [0, 0.1) is 0 Å². The van der Waals surface area contributed by atoms with Gasteiger partial charge in [-0.15, -0.1) is 0 Å². The average molecular weight is 404 g/mol. The maximum atomic E-state index is 12.4. The molecule has 0 aliphatic heterocycles. The minimum absolute atomic E-state index is 0.0764. The molecule has 0 fully saturated rings. The maximum Gasteiger partial charge on any atom is 0.288 e. The number of hydrogen-bond donors (Lipinski definition) is 1. The van der Waals surface area contributed by atoms with Crippen LogP contribution in [0.1, 0.15) is 0 Å². The second kappa shape index (κ2) is 7.50. The molecule has 4 aromatic rings. The summed E-state index contributed by atoms with van der Waals surface area (Å²) in [5.41, 5.74) is 2.10. The third kappa shape index (κ3) is 3.86. The van der Waals surface area contributed by atoms with E-state index in [1.807, 2.05) is 30.3 Å². The van der Waals surface area contributed by atoms with Crippen molar-refractivity contribution >= 4 is 45.9 Å². The van der Waals surface area contributed by atoms with Crippen LogP contribution in [0.4, 0.5) is 20.3 Å². The molecule has 4 rings (SSSR count). The van der Waals surface area contributed by atoms with Crippen LogP contribution in [0.2, 0.25) is 5.28 Å². The number of nitrogens with one attached hydrogen (secondary N) is 1. The van der Waals surface area contributed by atoms with Crippen LogP contribution in [0.25, 0.3) is 16.7 Å². The number of anilines is 2. The summed E-state index contributed by atoms with van der Waals surface area (Å²) in [4.78, 5) is 9.01. The van der Waals surface area contributed by atoms with Gasteiger partial charge < -0.3 is 5.32 Å². The summed E-state index contributed by atoms with van der Waals surface area (Å²) >= 11 is 6.60. The molecule has 0 aliphatic carbocycles. The Bertz CT molecular complexity index is 1070. The molecule has 2 aromatic carbocycles. The Morgan fingerprint density at radius 2 is 1.74 bits per heavy atom. The SMILES string of the molecule is FC(F)Sc1ccc(Nc2nc(Cl)nc3c2cnn3-c2ccccc2)cc1. The monoisotopic (exact) mass is 403 g/mol. The molecule has 2 aromatic heterocycles. The fourth-order valence-electron chi connectivity index (χ4n) is 2.59. The van der Waals surface area contributed by atoms with Crippen molar-refractivity contribution in [3.05, 3.63) is 66.1 Å². The Morgan fingerprint density at radius 3 is 2.44 bits per heavy atom. The number of para-hydroxylation sites is 1. The number of rotatable bonds is 5. The normalized spacial score (nSPS) is 11.3. The summed E-state index contributed by atoms with van der Waals surface area (Å²) in [6, 6.07) is 16.2. The number of aromatic nitrogens is 4. The lowest BCUT2D eigenvalue weighted by molar-refractivity contribution is 0.252. The predicted molar refractivity (Wildman–Crippen MR) is 103 cm³/mol. The summed E-state index contributed by atoms with van der Waals surface area (Å²) in [6.07, 6.45) is 1.65. The van der Waals surface area contributed by atoms with E-state index in [1.165, 1.54) is 0 Å². The maximum absolute atomic E-state index is 12.4. The predicted octanol–water partition coefficient (Wildman–Crippen LogP) is 5.53. The molecule has 0 amide bonds. The highest BCUT2D eigenvalue weighted by Crippen LogP contribution is 2.29. The highest BCUT2D eigenvalue weighted by molar-refractivity contribution is 7.99. The van der Waals surface area contributed by atoms with Crippen molar-refractivity contribution in [3.8, 4) is 5.69 Å². The van der Waals surface area contributed by atoms with Crippen LogP contribution in [0.3, 0.4) is 0 Å². The first kappa shape index (κ1) is 17.7. The van der Waals surface area contributed by atoms with Gasteiger partial charge in [0.1, 0.15) is 5.82 Å². The number of thioether (sulfide) groups is 1. The Labute approximate surface area is 162 Å². The molecule has 0 saturated heterocycles. The van der Waals surface area contributed by atoms with Crippen molar-refractivity contribution in [3.63, 3.8) is 0 Å². The van der Waals surface area contributed by atoms with Gasteiger partial charge in [0.05, 0.1) is 17.3 Å². The zero-order valence-corrected chi connectivity index (χ0v) is 15.3. The summed E-state index contributed by atoms with van der Waals surface area (Å²) in [5, 5.41) is 8.30. The van der Waals surface area contributed by atoms with E-state index in [-0.39, 0.29) is 5.28 Å². The van der Waals surface area contributed by atoms with Gasteiger partial charge in [-0.05, 0) is 48.0 Å². The average Bonchev–Trinajstić information content (AvgIpc) is 3.07. The lowest BCUT2D eigenvalue weighted by Crippen LogP contribution is -2.00. The largest absolute Gasteiger partial charge is 0.339 e. The molecule has 136 valence electrons. The van der Waals surface area contributed by atoms with E-state index in [1.54, 1.807) is 35.1 Å². The third-order valence-corrected chi connectivity index (χ3v) is 4.64. The van der Waals surface area contributed by atoms with Gasteiger partial charge >= 0.3 is 0 Å². The van der Waals surface area contributed by atoms with E-state index in [0.29, 0.717) is 39.2 Å². The minimum atomic E-state index is -2.45. The van der Waals surface area contributed by atoms with Crippen molar-refractivity contribution in [1.29, 1.82) is 0 Å². The summed E-state index contributed by atoms with van der Waals surface area (Å²) < 4.78 is 26.5. The Hall–Kier alpha value is -2.71. The number of nitrogens with zero attached hydrogens (tertiary/aromatic N) is 4. The van der Waals surface area contributed by atoms with Crippen molar-refractivity contribution in [2.45, 2.75) is 10.7 Å². The van der Waals surface area contributed by atoms with Crippen molar-refractivity contribution in [1.82, 2.24) is 19.7 Å². The number of alkyl halides is 2. The number of halogens is 3. The summed E-state index contributed by atoms with van der Waals surface area (Å²) in [5.74, 6) is -1.96. The first-order valence-electron chi connectivity index (χ1n) is 7.89. The molecule has 2 heterocycles. The summed E-state index contributed by atoms with van der Waals surface area (Å²) in [7, 11) is 0. The molecule has 0 unspecified atom stereocenters.